The van der Waals surface area contributed by atoms with Crippen molar-refractivity contribution in [2.45, 2.75) is 59.0 Å². The van der Waals surface area contributed by atoms with Gasteiger partial charge >= 0.3 is 0 Å². The van der Waals surface area contributed by atoms with Gasteiger partial charge in [-0.15, -0.1) is 0 Å². The van der Waals surface area contributed by atoms with Gasteiger partial charge < -0.3 is 5.11 Å². The van der Waals surface area contributed by atoms with E-state index in [0.717, 1.165) is 12.8 Å². The van der Waals surface area contributed by atoms with Crippen molar-refractivity contribution >= 4 is 0 Å². The first-order valence-corrected chi connectivity index (χ1v) is 4.73. The molecule has 0 rings (SSSR count). The van der Waals surface area contributed by atoms with Crippen molar-refractivity contribution in [3.63, 3.8) is 0 Å². The highest BCUT2D eigenvalue weighted by atomic mass is 16.3. The molecule has 0 aliphatic carbocycles. The van der Waals surface area contributed by atoms with Crippen LogP contribution in [0.1, 0.15) is 53.4 Å². The molecule has 1 N–H and O–H groups in total. The standard InChI is InChI=1S/C10H22O/c1-5-6-7-8-10(4,11)9(2)3/h9,11H,5-8H2,1-4H3/t10-/m0/s1. The van der Waals surface area contributed by atoms with Crippen LogP contribution in [0.4, 0.5) is 0 Å². The van der Waals surface area contributed by atoms with Crippen LogP contribution in [-0.2, 0) is 0 Å². The smallest absolute Gasteiger partial charge is 0.0642 e. The van der Waals surface area contributed by atoms with E-state index in [0.29, 0.717) is 5.92 Å². The molecule has 0 unspecified atom stereocenters. The van der Waals surface area contributed by atoms with Gasteiger partial charge in [0, 0.05) is 0 Å². The van der Waals surface area contributed by atoms with Crippen molar-refractivity contribution in [1.82, 2.24) is 0 Å². The molecule has 0 aromatic heterocycles. The summed E-state index contributed by atoms with van der Waals surface area (Å²) in [7, 11) is 0. The lowest BCUT2D eigenvalue weighted by Gasteiger charge is -2.27. The summed E-state index contributed by atoms with van der Waals surface area (Å²) in [6.45, 7) is 8.27. The van der Waals surface area contributed by atoms with Gasteiger partial charge in [0.25, 0.3) is 0 Å². The summed E-state index contributed by atoms with van der Waals surface area (Å²) in [6, 6.07) is 0. The van der Waals surface area contributed by atoms with Crippen LogP contribution in [0.3, 0.4) is 0 Å². The zero-order chi connectivity index (χ0) is 8.91. The number of rotatable bonds is 5. The number of hydrogen-bond donors (Lipinski definition) is 1. The van der Waals surface area contributed by atoms with E-state index < -0.39 is 5.60 Å². The van der Waals surface area contributed by atoms with Crippen LogP contribution in [0.2, 0.25) is 0 Å². The Morgan fingerprint density at radius 3 is 2.18 bits per heavy atom. The summed E-state index contributed by atoms with van der Waals surface area (Å²) in [6.07, 6.45) is 4.57. The molecule has 11 heavy (non-hydrogen) atoms. The maximum atomic E-state index is 9.82. The van der Waals surface area contributed by atoms with E-state index in [2.05, 4.69) is 20.8 Å². The highest BCUT2D eigenvalue weighted by Gasteiger charge is 2.23. The normalized spacial score (nSPS) is 16.9. The summed E-state index contributed by atoms with van der Waals surface area (Å²) in [5, 5.41) is 9.82. The van der Waals surface area contributed by atoms with Crippen molar-refractivity contribution in [2.75, 3.05) is 0 Å². The summed E-state index contributed by atoms with van der Waals surface area (Å²) >= 11 is 0. The van der Waals surface area contributed by atoms with Crippen LogP contribution in [0.5, 0.6) is 0 Å². The van der Waals surface area contributed by atoms with Crippen molar-refractivity contribution < 1.29 is 5.11 Å². The molecule has 0 spiro atoms. The highest BCUT2D eigenvalue weighted by molar-refractivity contribution is 4.75. The van der Waals surface area contributed by atoms with Gasteiger partial charge in [0.1, 0.15) is 0 Å². The molecule has 1 atom stereocenters. The Bertz CT molecular complexity index is 95.0. The van der Waals surface area contributed by atoms with Crippen molar-refractivity contribution in [3.8, 4) is 0 Å². The van der Waals surface area contributed by atoms with E-state index >= 15 is 0 Å². The average molecular weight is 158 g/mol. The second kappa shape index (κ2) is 4.76. The molecule has 1 heteroatoms. The van der Waals surface area contributed by atoms with E-state index in [-0.39, 0.29) is 0 Å². The molecule has 0 bridgehead atoms. The molecule has 0 saturated carbocycles. The fourth-order valence-electron chi connectivity index (χ4n) is 1.02. The van der Waals surface area contributed by atoms with E-state index in [1.807, 2.05) is 6.92 Å². The quantitative estimate of drug-likeness (QED) is 0.610. The van der Waals surface area contributed by atoms with Crippen molar-refractivity contribution in [3.05, 3.63) is 0 Å². The van der Waals surface area contributed by atoms with E-state index in [1.54, 1.807) is 0 Å². The third-order valence-electron chi connectivity index (χ3n) is 2.53. The van der Waals surface area contributed by atoms with Crippen LogP contribution >= 0.6 is 0 Å². The van der Waals surface area contributed by atoms with Crippen LogP contribution in [0.15, 0.2) is 0 Å². The Balaban J connectivity index is 3.55. The lowest BCUT2D eigenvalue weighted by molar-refractivity contribution is 0.00318. The van der Waals surface area contributed by atoms with E-state index in [1.165, 1.54) is 12.8 Å². The Morgan fingerprint density at radius 2 is 1.82 bits per heavy atom. The molecule has 1 nitrogen and oxygen atoms in total. The molecule has 0 fully saturated rings. The first-order valence-electron chi connectivity index (χ1n) is 4.73. The lowest BCUT2D eigenvalue weighted by Crippen LogP contribution is -2.30. The minimum Gasteiger partial charge on any atom is -0.390 e. The van der Waals surface area contributed by atoms with E-state index in [4.69, 9.17) is 0 Å². The van der Waals surface area contributed by atoms with Crippen LogP contribution in [0.25, 0.3) is 0 Å². The van der Waals surface area contributed by atoms with Gasteiger partial charge in [-0.3, -0.25) is 0 Å². The summed E-state index contributed by atoms with van der Waals surface area (Å²) < 4.78 is 0. The van der Waals surface area contributed by atoms with Gasteiger partial charge in [-0.1, -0.05) is 40.0 Å². The largest absolute Gasteiger partial charge is 0.390 e. The maximum absolute atomic E-state index is 9.82. The highest BCUT2D eigenvalue weighted by Crippen LogP contribution is 2.22. The SMILES string of the molecule is CCCCC[C@](C)(O)C(C)C. The Hall–Kier alpha value is -0.0400. The van der Waals surface area contributed by atoms with Gasteiger partial charge in [-0.25, -0.2) is 0 Å². The van der Waals surface area contributed by atoms with Crippen molar-refractivity contribution in [2.24, 2.45) is 5.92 Å². The number of hydrogen-bond acceptors (Lipinski definition) is 1. The van der Waals surface area contributed by atoms with E-state index in [9.17, 15) is 5.11 Å². The third-order valence-corrected chi connectivity index (χ3v) is 2.53. The first-order chi connectivity index (χ1) is 5.00. The molecule has 68 valence electrons. The third kappa shape index (κ3) is 4.41. The topological polar surface area (TPSA) is 20.2 Å². The minimum atomic E-state index is -0.449. The van der Waals surface area contributed by atoms with Crippen molar-refractivity contribution in [1.29, 1.82) is 0 Å². The second-order valence-corrected chi connectivity index (χ2v) is 3.97. The second-order valence-electron chi connectivity index (χ2n) is 3.97. The van der Waals surface area contributed by atoms with Gasteiger partial charge in [-0.05, 0) is 19.3 Å². The summed E-state index contributed by atoms with van der Waals surface area (Å²) in [5.74, 6) is 0.374. The van der Waals surface area contributed by atoms with Crippen LogP contribution in [-0.4, -0.2) is 10.7 Å². The Labute approximate surface area is 70.8 Å². The van der Waals surface area contributed by atoms with Gasteiger partial charge in [0.05, 0.1) is 5.60 Å². The molecular formula is C10H22O. The molecule has 0 heterocycles. The van der Waals surface area contributed by atoms with Gasteiger partial charge in [-0.2, -0.15) is 0 Å². The fourth-order valence-corrected chi connectivity index (χ4v) is 1.02. The zero-order valence-corrected chi connectivity index (χ0v) is 8.35. The minimum absolute atomic E-state index is 0.374. The predicted molar refractivity (Wildman–Crippen MR) is 49.6 cm³/mol. The molecular weight excluding hydrogens is 136 g/mol. The first kappa shape index (κ1) is 11.0. The Kier molecular flexibility index (Phi) is 4.74. The molecule has 0 aliphatic heterocycles. The lowest BCUT2D eigenvalue weighted by atomic mass is 9.87. The molecule has 0 amide bonds. The van der Waals surface area contributed by atoms with Gasteiger partial charge in [0.2, 0.25) is 0 Å². The monoisotopic (exact) mass is 158 g/mol. The van der Waals surface area contributed by atoms with Gasteiger partial charge in [0.15, 0.2) is 0 Å². The molecule has 0 aromatic carbocycles. The predicted octanol–water partition coefficient (Wildman–Crippen LogP) is 2.97. The number of aliphatic hydroxyl groups is 1. The average Bonchev–Trinajstić information content (AvgIpc) is 1.88. The molecule has 0 saturated heterocycles. The number of unbranched alkanes of at least 4 members (excludes halogenated alkanes) is 2. The zero-order valence-electron chi connectivity index (χ0n) is 8.35. The fraction of sp³-hybridized carbons (Fsp3) is 1.00. The van der Waals surface area contributed by atoms with Crippen LogP contribution in [0, 0.1) is 5.92 Å². The summed E-state index contributed by atoms with van der Waals surface area (Å²) in [4.78, 5) is 0. The Morgan fingerprint density at radius 1 is 1.27 bits per heavy atom. The molecule has 0 radical (unpaired) electrons. The maximum Gasteiger partial charge on any atom is 0.0642 e. The summed E-state index contributed by atoms with van der Waals surface area (Å²) in [5.41, 5.74) is -0.449. The molecule has 0 aromatic rings. The van der Waals surface area contributed by atoms with Crippen LogP contribution < -0.4 is 0 Å². The molecule has 0 aliphatic rings.